The highest BCUT2D eigenvalue weighted by molar-refractivity contribution is 7.99. The quantitative estimate of drug-likeness (QED) is 0.370. The van der Waals surface area contributed by atoms with E-state index in [0.29, 0.717) is 5.69 Å². The number of hydrogen-bond acceptors (Lipinski definition) is 6. The molecule has 0 saturated carbocycles. The van der Waals surface area contributed by atoms with Crippen molar-refractivity contribution in [2.45, 2.75) is 36.9 Å². The maximum absolute atomic E-state index is 9.52. The second-order valence-corrected chi connectivity index (χ2v) is 8.89. The van der Waals surface area contributed by atoms with E-state index in [4.69, 9.17) is 15.2 Å². The van der Waals surface area contributed by atoms with Crippen molar-refractivity contribution in [1.29, 1.82) is 0 Å². The first-order chi connectivity index (χ1) is 15.0. The molecule has 162 valence electrons. The molecular weight excluding hydrogens is 410 g/mol. The summed E-state index contributed by atoms with van der Waals surface area (Å²) < 4.78 is 12.8. The van der Waals surface area contributed by atoms with Crippen molar-refractivity contribution in [1.82, 2.24) is 0 Å². The summed E-state index contributed by atoms with van der Waals surface area (Å²) in [5, 5.41) is 18.9. The van der Waals surface area contributed by atoms with E-state index < -0.39 is 6.29 Å². The Hall–Kier alpha value is -2.51. The van der Waals surface area contributed by atoms with Gasteiger partial charge in [0.1, 0.15) is 5.75 Å². The molecule has 3 aromatic carbocycles. The highest BCUT2D eigenvalue weighted by Crippen LogP contribution is 2.43. The SMILES string of the molecule is C[C@H]1[C@@H](CSc2ccc(O)cc2)OC(c2cccc(N)c2)O[C@H]1c1ccc(CO)cc1. The van der Waals surface area contributed by atoms with Crippen LogP contribution in [0.3, 0.4) is 0 Å². The molecule has 0 spiro atoms. The molecule has 0 aromatic heterocycles. The van der Waals surface area contributed by atoms with Crippen LogP contribution in [0.4, 0.5) is 5.69 Å². The number of nitrogen functional groups attached to an aromatic ring is 1. The maximum Gasteiger partial charge on any atom is 0.185 e. The first-order valence-electron chi connectivity index (χ1n) is 10.3. The molecule has 1 aliphatic heterocycles. The predicted molar refractivity (Wildman–Crippen MR) is 123 cm³/mol. The van der Waals surface area contributed by atoms with Gasteiger partial charge in [0.15, 0.2) is 6.29 Å². The Morgan fingerprint density at radius 1 is 0.935 bits per heavy atom. The largest absolute Gasteiger partial charge is 0.508 e. The van der Waals surface area contributed by atoms with Crippen LogP contribution in [0.1, 0.15) is 36.0 Å². The molecule has 3 aromatic rings. The summed E-state index contributed by atoms with van der Waals surface area (Å²) in [6.45, 7) is 2.16. The molecule has 4 atom stereocenters. The molecule has 0 bridgehead atoms. The molecule has 0 radical (unpaired) electrons. The predicted octanol–water partition coefficient (Wildman–Crippen LogP) is 5.05. The number of ether oxygens (including phenoxy) is 2. The van der Waals surface area contributed by atoms with Crippen LogP contribution in [0.2, 0.25) is 0 Å². The minimum atomic E-state index is -0.521. The highest BCUT2D eigenvalue weighted by Gasteiger charge is 2.38. The van der Waals surface area contributed by atoms with Crippen molar-refractivity contribution in [3.8, 4) is 5.75 Å². The van der Waals surface area contributed by atoms with E-state index in [-0.39, 0.29) is 30.5 Å². The standard InChI is InChI=1S/C25H27NO4S/c1-16-23(15-31-22-11-9-21(28)10-12-22)29-25(19-3-2-4-20(26)13-19)30-24(16)18-7-5-17(14-27)6-8-18/h2-13,16,23-25,27-28H,14-15,26H2,1H3/t16-,23+,24+,25?/m0/s1. The van der Waals surface area contributed by atoms with Crippen LogP contribution in [-0.2, 0) is 16.1 Å². The third-order valence-electron chi connectivity index (χ3n) is 5.56. The fraction of sp³-hybridized carbons (Fsp3) is 0.280. The van der Waals surface area contributed by atoms with E-state index in [1.54, 1.807) is 23.9 Å². The summed E-state index contributed by atoms with van der Waals surface area (Å²) in [5.74, 6) is 1.12. The number of phenolic OH excluding ortho intramolecular Hbond substituents is 1. The number of thioether (sulfide) groups is 1. The molecule has 6 heteroatoms. The van der Waals surface area contributed by atoms with Gasteiger partial charge in [0.2, 0.25) is 0 Å². The summed E-state index contributed by atoms with van der Waals surface area (Å²) in [7, 11) is 0. The van der Waals surface area contributed by atoms with E-state index in [1.165, 1.54) is 0 Å². The van der Waals surface area contributed by atoms with Gasteiger partial charge in [-0.05, 0) is 47.5 Å². The first-order valence-corrected chi connectivity index (χ1v) is 11.3. The van der Waals surface area contributed by atoms with Gasteiger partial charge >= 0.3 is 0 Å². The van der Waals surface area contributed by atoms with Crippen molar-refractivity contribution >= 4 is 17.4 Å². The van der Waals surface area contributed by atoms with E-state index in [2.05, 4.69) is 6.92 Å². The van der Waals surface area contributed by atoms with Gasteiger partial charge in [-0.25, -0.2) is 0 Å². The van der Waals surface area contributed by atoms with Crippen molar-refractivity contribution in [2.24, 2.45) is 5.92 Å². The third-order valence-corrected chi connectivity index (χ3v) is 6.66. The molecule has 4 rings (SSSR count). The first kappa shape index (κ1) is 21.7. The fourth-order valence-corrected chi connectivity index (χ4v) is 4.80. The minimum Gasteiger partial charge on any atom is -0.508 e. The molecule has 1 unspecified atom stereocenters. The lowest BCUT2D eigenvalue weighted by Crippen LogP contribution is -2.38. The Morgan fingerprint density at radius 2 is 1.68 bits per heavy atom. The molecule has 0 amide bonds. The van der Waals surface area contributed by atoms with Crippen molar-refractivity contribution in [3.05, 3.63) is 89.5 Å². The molecule has 1 aliphatic rings. The van der Waals surface area contributed by atoms with Crippen molar-refractivity contribution < 1.29 is 19.7 Å². The Kier molecular flexibility index (Phi) is 6.83. The van der Waals surface area contributed by atoms with Gasteiger partial charge < -0.3 is 25.4 Å². The number of rotatable bonds is 6. The van der Waals surface area contributed by atoms with Crippen LogP contribution in [0.15, 0.2) is 77.7 Å². The minimum absolute atomic E-state index is 0.0162. The lowest BCUT2D eigenvalue weighted by atomic mass is 9.91. The normalized spacial score (nSPS) is 23.5. The van der Waals surface area contributed by atoms with Gasteiger partial charge in [-0.15, -0.1) is 11.8 Å². The smallest absolute Gasteiger partial charge is 0.185 e. The Morgan fingerprint density at radius 3 is 2.35 bits per heavy atom. The summed E-state index contributed by atoms with van der Waals surface area (Å²) in [5.41, 5.74) is 9.48. The zero-order valence-electron chi connectivity index (χ0n) is 17.3. The molecular formula is C25H27NO4S. The van der Waals surface area contributed by atoms with Gasteiger partial charge in [-0.1, -0.05) is 43.3 Å². The summed E-state index contributed by atoms with van der Waals surface area (Å²) in [6.07, 6.45) is -0.729. The summed E-state index contributed by atoms with van der Waals surface area (Å²) in [6, 6.07) is 22.7. The summed E-state index contributed by atoms with van der Waals surface area (Å²) in [4.78, 5) is 1.07. The average molecular weight is 438 g/mol. The Labute approximate surface area is 186 Å². The van der Waals surface area contributed by atoms with Crippen LogP contribution in [0, 0.1) is 5.92 Å². The number of anilines is 1. The average Bonchev–Trinajstić information content (AvgIpc) is 2.79. The molecule has 4 N–H and O–H groups in total. The van der Waals surface area contributed by atoms with Gasteiger partial charge in [0.05, 0.1) is 18.8 Å². The zero-order chi connectivity index (χ0) is 21.8. The number of benzene rings is 3. The molecule has 1 fully saturated rings. The van der Waals surface area contributed by atoms with Crippen LogP contribution in [-0.4, -0.2) is 22.1 Å². The Bertz CT molecular complexity index is 993. The second kappa shape index (κ2) is 9.75. The van der Waals surface area contributed by atoms with E-state index in [9.17, 15) is 10.2 Å². The Balaban J connectivity index is 1.58. The van der Waals surface area contributed by atoms with Crippen molar-refractivity contribution in [3.63, 3.8) is 0 Å². The topological polar surface area (TPSA) is 84.9 Å². The fourth-order valence-electron chi connectivity index (χ4n) is 3.74. The lowest BCUT2D eigenvalue weighted by Gasteiger charge is -2.41. The van der Waals surface area contributed by atoms with E-state index >= 15 is 0 Å². The van der Waals surface area contributed by atoms with Crippen LogP contribution in [0.25, 0.3) is 0 Å². The third kappa shape index (κ3) is 5.22. The number of aliphatic hydroxyl groups excluding tert-OH is 1. The number of aliphatic hydroxyl groups is 1. The van der Waals surface area contributed by atoms with E-state index in [0.717, 1.165) is 27.3 Å². The molecule has 0 aliphatic carbocycles. The van der Waals surface area contributed by atoms with Crippen molar-refractivity contribution in [2.75, 3.05) is 11.5 Å². The van der Waals surface area contributed by atoms with Crippen LogP contribution < -0.4 is 5.73 Å². The zero-order valence-corrected chi connectivity index (χ0v) is 18.2. The maximum atomic E-state index is 9.52. The second-order valence-electron chi connectivity index (χ2n) is 7.80. The monoisotopic (exact) mass is 437 g/mol. The number of hydrogen-bond donors (Lipinski definition) is 3. The molecule has 5 nitrogen and oxygen atoms in total. The van der Waals surface area contributed by atoms with Crippen LogP contribution in [0.5, 0.6) is 5.75 Å². The van der Waals surface area contributed by atoms with E-state index in [1.807, 2.05) is 60.7 Å². The highest BCUT2D eigenvalue weighted by atomic mass is 32.2. The number of nitrogens with two attached hydrogens (primary N) is 1. The number of phenols is 1. The number of aromatic hydroxyl groups is 1. The molecule has 1 heterocycles. The summed E-state index contributed by atoms with van der Waals surface area (Å²) >= 11 is 1.69. The molecule has 1 saturated heterocycles. The van der Waals surface area contributed by atoms with Gasteiger partial charge in [-0.2, -0.15) is 0 Å². The lowest BCUT2D eigenvalue weighted by molar-refractivity contribution is -0.268. The van der Waals surface area contributed by atoms with Gasteiger partial charge in [-0.3, -0.25) is 0 Å². The van der Waals surface area contributed by atoms with Gasteiger partial charge in [0, 0.05) is 27.8 Å². The molecule has 31 heavy (non-hydrogen) atoms. The van der Waals surface area contributed by atoms with Crippen LogP contribution >= 0.6 is 11.8 Å². The van der Waals surface area contributed by atoms with Gasteiger partial charge in [0.25, 0.3) is 0 Å².